The number of ether oxygens (including phenoxy) is 1. The lowest BCUT2D eigenvalue weighted by molar-refractivity contribution is 0.00808. The fraction of sp³-hybridized carbons (Fsp3) is 0.545. The van der Waals surface area contributed by atoms with E-state index in [4.69, 9.17) is 4.74 Å². The molecule has 2 rings (SSSR count). The van der Waals surface area contributed by atoms with Crippen LogP contribution in [0.2, 0.25) is 0 Å². The number of alkyl halides is 2. The molecule has 0 fully saturated rings. The zero-order valence-electron chi connectivity index (χ0n) is 10.9. The van der Waals surface area contributed by atoms with E-state index in [-0.39, 0.29) is 22.8 Å². The van der Waals surface area contributed by atoms with Gasteiger partial charge in [-0.05, 0) is 6.92 Å². The van der Waals surface area contributed by atoms with Gasteiger partial charge in [-0.15, -0.1) is 0 Å². The maximum Gasteiger partial charge on any atom is 0.355 e. The van der Waals surface area contributed by atoms with Crippen molar-refractivity contribution < 1.29 is 26.7 Å². The Morgan fingerprint density at radius 1 is 1.55 bits per heavy atom. The average molecular weight is 308 g/mol. The molecule has 0 unspecified atom stereocenters. The van der Waals surface area contributed by atoms with Crippen molar-refractivity contribution in [3.63, 3.8) is 0 Å². The number of sulfonamides is 1. The molecule has 112 valence electrons. The molecule has 0 aromatic carbocycles. The topological polar surface area (TPSA) is 77.4 Å². The Morgan fingerprint density at radius 3 is 2.80 bits per heavy atom. The van der Waals surface area contributed by atoms with E-state index in [0.717, 1.165) is 6.20 Å². The second kappa shape index (κ2) is 4.81. The van der Waals surface area contributed by atoms with Crippen LogP contribution < -0.4 is 4.72 Å². The van der Waals surface area contributed by atoms with Crippen LogP contribution in [0.3, 0.4) is 0 Å². The third-order valence-corrected chi connectivity index (χ3v) is 4.42. The number of fused-ring (bicyclic) bond motifs is 1. The summed E-state index contributed by atoms with van der Waals surface area (Å²) in [5.74, 6) is -4.08. The number of carbonyl (C=O) groups excluding carboxylic acids is 1. The summed E-state index contributed by atoms with van der Waals surface area (Å²) >= 11 is 0. The van der Waals surface area contributed by atoms with Crippen molar-refractivity contribution in [2.24, 2.45) is 7.05 Å². The van der Waals surface area contributed by atoms with Gasteiger partial charge in [0.05, 0.1) is 13.2 Å². The Labute approximate surface area is 114 Å². The lowest BCUT2D eigenvalue weighted by atomic mass is 10.1. The first-order chi connectivity index (χ1) is 9.18. The number of hydrogen-bond donors (Lipinski definition) is 1. The molecule has 0 atom stereocenters. The van der Waals surface area contributed by atoms with Crippen LogP contribution in [0.25, 0.3) is 0 Å². The minimum atomic E-state index is -4.06. The largest absolute Gasteiger partial charge is 0.461 e. The van der Waals surface area contributed by atoms with Crippen LogP contribution in [0.15, 0.2) is 11.1 Å². The molecule has 1 aromatic heterocycles. The van der Waals surface area contributed by atoms with Gasteiger partial charge in [0.1, 0.15) is 10.6 Å². The molecule has 0 spiro atoms. The molecule has 1 aliphatic rings. The number of aryl methyl sites for hydroxylation is 1. The Hall–Kier alpha value is -1.48. The molecule has 1 aliphatic heterocycles. The zero-order chi connectivity index (χ0) is 15.1. The number of halogens is 2. The maximum absolute atomic E-state index is 13.6. The van der Waals surface area contributed by atoms with Gasteiger partial charge in [0.2, 0.25) is 10.0 Å². The minimum Gasteiger partial charge on any atom is -0.461 e. The fourth-order valence-electron chi connectivity index (χ4n) is 2.12. The van der Waals surface area contributed by atoms with Crippen molar-refractivity contribution in [1.82, 2.24) is 9.29 Å². The Morgan fingerprint density at radius 2 is 2.20 bits per heavy atom. The molecule has 1 N–H and O–H groups in total. The average Bonchev–Trinajstić information content (AvgIpc) is 2.60. The third-order valence-electron chi connectivity index (χ3n) is 2.96. The van der Waals surface area contributed by atoms with Gasteiger partial charge in [-0.1, -0.05) is 0 Å². The molecule has 1 aromatic rings. The second-order valence-corrected chi connectivity index (χ2v) is 6.24. The molecule has 0 saturated carbocycles. The van der Waals surface area contributed by atoms with Crippen LogP contribution in [-0.4, -0.2) is 38.0 Å². The molecule has 2 heterocycles. The predicted molar refractivity (Wildman–Crippen MR) is 65.2 cm³/mol. The molecule has 0 aliphatic carbocycles. The lowest BCUT2D eigenvalue weighted by Crippen LogP contribution is -2.35. The van der Waals surface area contributed by atoms with E-state index >= 15 is 0 Å². The third kappa shape index (κ3) is 2.55. The highest BCUT2D eigenvalue weighted by atomic mass is 32.2. The number of aromatic nitrogens is 1. The van der Waals surface area contributed by atoms with Crippen molar-refractivity contribution in [3.8, 4) is 0 Å². The Bertz CT molecular complexity index is 652. The van der Waals surface area contributed by atoms with E-state index in [0.29, 0.717) is 0 Å². The van der Waals surface area contributed by atoms with E-state index < -0.39 is 34.9 Å². The van der Waals surface area contributed by atoms with Crippen LogP contribution in [0, 0.1) is 0 Å². The van der Waals surface area contributed by atoms with Gasteiger partial charge in [-0.25, -0.2) is 26.7 Å². The smallest absolute Gasteiger partial charge is 0.355 e. The maximum atomic E-state index is 13.6. The van der Waals surface area contributed by atoms with Crippen molar-refractivity contribution in [2.75, 3.05) is 13.2 Å². The van der Waals surface area contributed by atoms with Gasteiger partial charge >= 0.3 is 5.97 Å². The predicted octanol–water partition coefficient (Wildman–Crippen LogP) is 0.671. The van der Waals surface area contributed by atoms with E-state index in [2.05, 4.69) is 0 Å². The Kier molecular flexibility index (Phi) is 3.59. The summed E-state index contributed by atoms with van der Waals surface area (Å²) in [5, 5.41) is 0. The van der Waals surface area contributed by atoms with Gasteiger partial charge in [0.15, 0.2) is 0 Å². The monoisotopic (exact) mass is 308 g/mol. The van der Waals surface area contributed by atoms with Crippen LogP contribution >= 0.6 is 0 Å². The first-order valence-electron chi connectivity index (χ1n) is 5.91. The van der Waals surface area contributed by atoms with Crippen LogP contribution in [-0.2, 0) is 28.2 Å². The van der Waals surface area contributed by atoms with Gasteiger partial charge in [0, 0.05) is 25.2 Å². The van der Waals surface area contributed by atoms with Crippen molar-refractivity contribution in [3.05, 3.63) is 17.5 Å². The van der Waals surface area contributed by atoms with Crippen molar-refractivity contribution >= 4 is 16.0 Å². The van der Waals surface area contributed by atoms with E-state index in [1.165, 1.54) is 11.6 Å². The van der Waals surface area contributed by atoms with Crippen molar-refractivity contribution in [1.29, 1.82) is 0 Å². The Balaban J connectivity index is 2.64. The molecule has 0 amide bonds. The SMILES string of the molecule is CCOC(=O)c1c2c(cn1C)S(=O)(=O)NCC(F)(F)C2. The molecule has 6 nitrogen and oxygen atoms in total. The summed E-state index contributed by atoms with van der Waals surface area (Å²) in [5.41, 5.74) is -0.366. The molecule has 9 heteroatoms. The standard InChI is InChI=1S/C11H14F2N2O4S/c1-3-19-10(16)9-7-4-11(12,13)6-14-20(17,18)8(7)5-15(9)2/h5,14H,3-4,6H2,1-2H3. The van der Waals surface area contributed by atoms with E-state index in [1.54, 1.807) is 6.92 Å². The van der Waals surface area contributed by atoms with Gasteiger partial charge in [-0.3, -0.25) is 0 Å². The first kappa shape index (κ1) is 14.9. The summed E-state index contributed by atoms with van der Waals surface area (Å²) in [7, 11) is -2.65. The quantitative estimate of drug-likeness (QED) is 0.815. The lowest BCUT2D eigenvalue weighted by Gasteiger charge is -2.13. The summed E-state index contributed by atoms with van der Waals surface area (Å²) in [6, 6.07) is 0. The number of hydrogen-bond acceptors (Lipinski definition) is 4. The summed E-state index contributed by atoms with van der Waals surface area (Å²) in [6.07, 6.45) is 0.314. The molecule has 0 radical (unpaired) electrons. The summed E-state index contributed by atoms with van der Waals surface area (Å²) in [4.78, 5) is 11.5. The number of nitrogens with zero attached hydrogens (tertiary/aromatic N) is 1. The second-order valence-electron chi connectivity index (χ2n) is 4.51. The molecular formula is C11H14F2N2O4S. The van der Waals surface area contributed by atoms with Crippen LogP contribution in [0.5, 0.6) is 0 Å². The molecule has 0 bridgehead atoms. The van der Waals surface area contributed by atoms with Crippen LogP contribution in [0.1, 0.15) is 23.0 Å². The van der Waals surface area contributed by atoms with Crippen LogP contribution in [0.4, 0.5) is 8.78 Å². The summed E-state index contributed by atoms with van der Waals surface area (Å²) in [6.45, 7) is 0.655. The van der Waals surface area contributed by atoms with E-state index in [1.807, 2.05) is 4.72 Å². The van der Waals surface area contributed by atoms with Crippen molar-refractivity contribution in [2.45, 2.75) is 24.2 Å². The number of rotatable bonds is 2. The fourth-order valence-corrected chi connectivity index (χ4v) is 3.46. The highest BCUT2D eigenvalue weighted by Crippen LogP contribution is 2.32. The number of nitrogens with one attached hydrogen (secondary N) is 1. The number of esters is 1. The summed E-state index contributed by atoms with van der Waals surface area (Å²) < 4.78 is 58.9. The number of carbonyl (C=O) groups is 1. The first-order valence-corrected chi connectivity index (χ1v) is 7.39. The van der Waals surface area contributed by atoms with E-state index in [9.17, 15) is 22.0 Å². The minimum absolute atomic E-state index is 0.0696. The highest BCUT2D eigenvalue weighted by molar-refractivity contribution is 7.89. The van der Waals surface area contributed by atoms with Gasteiger partial charge < -0.3 is 9.30 Å². The highest BCUT2D eigenvalue weighted by Gasteiger charge is 2.41. The molecule has 0 saturated heterocycles. The van der Waals surface area contributed by atoms with Gasteiger partial charge in [0.25, 0.3) is 5.92 Å². The molecule has 20 heavy (non-hydrogen) atoms. The zero-order valence-corrected chi connectivity index (χ0v) is 11.8. The molecular weight excluding hydrogens is 294 g/mol. The normalized spacial score (nSPS) is 20.0. The van der Waals surface area contributed by atoms with Gasteiger partial charge in [-0.2, -0.15) is 0 Å².